The van der Waals surface area contributed by atoms with Gasteiger partial charge in [0.25, 0.3) is 5.56 Å². The first-order chi connectivity index (χ1) is 8.04. The number of aliphatic hydroxyl groups is 3. The lowest BCUT2D eigenvalue weighted by Gasteiger charge is -2.16. The van der Waals surface area contributed by atoms with Crippen molar-refractivity contribution in [2.75, 3.05) is 6.61 Å². The number of nitrogens with zero attached hydrogens (tertiary/aromatic N) is 1. The van der Waals surface area contributed by atoms with Crippen molar-refractivity contribution in [2.24, 2.45) is 0 Å². The van der Waals surface area contributed by atoms with Gasteiger partial charge in [0.15, 0.2) is 6.23 Å². The minimum absolute atomic E-state index is 0.479. The standard InChI is InChI=1S/C9H12N2O6/c12-3-4-6(14)7(15)8(17-4)11-2-1-5(13)10-9(11)16/h1-2,4,6-8,12,14-15H,3H2,(H,10,13,16)/t4-,6?,7?,8-/m0/s1. The summed E-state index contributed by atoms with van der Waals surface area (Å²) in [6.07, 6.45) is -3.58. The van der Waals surface area contributed by atoms with Gasteiger partial charge in [0, 0.05) is 12.3 Å². The lowest BCUT2D eigenvalue weighted by atomic mass is 10.1. The molecule has 0 amide bonds. The Hall–Kier alpha value is -1.48. The maximum Gasteiger partial charge on any atom is 0.330 e. The van der Waals surface area contributed by atoms with Crippen LogP contribution in [0.5, 0.6) is 0 Å². The zero-order valence-corrected chi connectivity index (χ0v) is 8.68. The summed E-state index contributed by atoms with van der Waals surface area (Å²) in [7, 11) is 0. The Morgan fingerprint density at radius 3 is 2.59 bits per heavy atom. The molecule has 94 valence electrons. The molecule has 0 saturated carbocycles. The first kappa shape index (κ1) is 12.0. The molecule has 0 radical (unpaired) electrons. The Labute approximate surface area is 94.7 Å². The van der Waals surface area contributed by atoms with Crippen LogP contribution in [0.2, 0.25) is 0 Å². The number of nitrogens with one attached hydrogen (secondary N) is 1. The van der Waals surface area contributed by atoms with Crippen LogP contribution in [0.15, 0.2) is 21.9 Å². The summed E-state index contributed by atoms with van der Waals surface area (Å²) in [5.41, 5.74) is -1.33. The quantitative estimate of drug-likeness (QED) is 0.444. The molecule has 2 unspecified atom stereocenters. The second-order valence-corrected chi connectivity index (χ2v) is 3.75. The largest absolute Gasteiger partial charge is 0.394 e. The van der Waals surface area contributed by atoms with Gasteiger partial charge < -0.3 is 20.1 Å². The monoisotopic (exact) mass is 244 g/mol. The summed E-state index contributed by atoms with van der Waals surface area (Å²) >= 11 is 0. The van der Waals surface area contributed by atoms with Gasteiger partial charge in [-0.05, 0) is 0 Å². The number of aliphatic hydroxyl groups excluding tert-OH is 3. The number of hydrogen-bond acceptors (Lipinski definition) is 6. The molecule has 0 bridgehead atoms. The number of aromatic nitrogens is 2. The average Bonchev–Trinajstić information content (AvgIpc) is 2.57. The fraction of sp³-hybridized carbons (Fsp3) is 0.556. The Balaban J connectivity index is 2.35. The number of aromatic amines is 1. The SMILES string of the molecule is O=c1ccn([C@H]2O[C@@H](CO)C(O)C2O)c(=O)[nH]1. The smallest absolute Gasteiger partial charge is 0.330 e. The molecule has 0 aliphatic carbocycles. The van der Waals surface area contributed by atoms with E-state index in [4.69, 9.17) is 9.84 Å². The van der Waals surface area contributed by atoms with Crippen LogP contribution in [-0.4, -0.2) is 49.8 Å². The van der Waals surface area contributed by atoms with Gasteiger partial charge in [0.1, 0.15) is 18.3 Å². The van der Waals surface area contributed by atoms with E-state index in [1.807, 2.05) is 4.98 Å². The number of H-pyrrole nitrogens is 1. The lowest BCUT2D eigenvalue weighted by Crippen LogP contribution is -2.37. The van der Waals surface area contributed by atoms with Crippen LogP contribution >= 0.6 is 0 Å². The number of rotatable bonds is 2. The molecular weight excluding hydrogens is 232 g/mol. The summed E-state index contributed by atoms with van der Waals surface area (Å²) in [6.45, 7) is -0.479. The van der Waals surface area contributed by atoms with Gasteiger partial charge >= 0.3 is 5.69 Å². The fourth-order valence-electron chi connectivity index (χ4n) is 1.74. The third kappa shape index (κ3) is 2.03. The van der Waals surface area contributed by atoms with Gasteiger partial charge in [-0.1, -0.05) is 0 Å². The Morgan fingerprint density at radius 1 is 1.35 bits per heavy atom. The molecule has 2 rings (SSSR count). The number of hydrogen-bond donors (Lipinski definition) is 4. The highest BCUT2D eigenvalue weighted by atomic mass is 16.6. The highest BCUT2D eigenvalue weighted by molar-refractivity contribution is 4.92. The minimum atomic E-state index is -1.35. The van der Waals surface area contributed by atoms with E-state index in [1.165, 1.54) is 0 Å². The molecule has 2 heterocycles. The van der Waals surface area contributed by atoms with Crippen molar-refractivity contribution in [3.05, 3.63) is 33.1 Å². The van der Waals surface area contributed by atoms with Gasteiger partial charge in [0.05, 0.1) is 6.61 Å². The maximum absolute atomic E-state index is 11.4. The van der Waals surface area contributed by atoms with Crippen LogP contribution in [0.25, 0.3) is 0 Å². The Kier molecular flexibility index (Phi) is 3.11. The van der Waals surface area contributed by atoms with E-state index < -0.39 is 42.4 Å². The molecule has 0 spiro atoms. The highest BCUT2D eigenvalue weighted by Gasteiger charge is 2.43. The van der Waals surface area contributed by atoms with Crippen molar-refractivity contribution < 1.29 is 20.1 Å². The Morgan fingerprint density at radius 2 is 2.06 bits per heavy atom. The molecule has 1 saturated heterocycles. The summed E-state index contributed by atoms with van der Waals surface area (Å²) in [5, 5.41) is 28.1. The zero-order chi connectivity index (χ0) is 12.6. The highest BCUT2D eigenvalue weighted by Crippen LogP contribution is 2.27. The molecule has 1 aromatic heterocycles. The van der Waals surface area contributed by atoms with Crippen molar-refractivity contribution in [1.29, 1.82) is 0 Å². The third-order valence-corrected chi connectivity index (χ3v) is 2.64. The topological polar surface area (TPSA) is 125 Å². The van der Waals surface area contributed by atoms with E-state index >= 15 is 0 Å². The van der Waals surface area contributed by atoms with E-state index in [0.717, 1.165) is 16.8 Å². The lowest BCUT2D eigenvalue weighted by molar-refractivity contribution is -0.0550. The molecule has 4 N–H and O–H groups in total. The molecule has 17 heavy (non-hydrogen) atoms. The van der Waals surface area contributed by atoms with E-state index in [-0.39, 0.29) is 0 Å². The van der Waals surface area contributed by atoms with E-state index in [9.17, 15) is 19.8 Å². The van der Waals surface area contributed by atoms with Crippen LogP contribution in [0.3, 0.4) is 0 Å². The van der Waals surface area contributed by atoms with Crippen molar-refractivity contribution >= 4 is 0 Å². The molecular formula is C9H12N2O6. The van der Waals surface area contributed by atoms with Crippen molar-refractivity contribution in [3.63, 3.8) is 0 Å². The second-order valence-electron chi connectivity index (χ2n) is 3.75. The van der Waals surface area contributed by atoms with Gasteiger partial charge in [0.2, 0.25) is 0 Å². The van der Waals surface area contributed by atoms with Crippen LogP contribution < -0.4 is 11.2 Å². The fourth-order valence-corrected chi connectivity index (χ4v) is 1.74. The minimum Gasteiger partial charge on any atom is -0.394 e. The van der Waals surface area contributed by atoms with Crippen molar-refractivity contribution in [2.45, 2.75) is 24.5 Å². The van der Waals surface area contributed by atoms with Crippen LogP contribution in [-0.2, 0) is 4.74 Å². The van der Waals surface area contributed by atoms with Gasteiger partial charge in [-0.25, -0.2) is 4.79 Å². The maximum atomic E-state index is 11.4. The average molecular weight is 244 g/mol. The van der Waals surface area contributed by atoms with Crippen LogP contribution in [0.1, 0.15) is 6.23 Å². The van der Waals surface area contributed by atoms with Crippen molar-refractivity contribution in [1.82, 2.24) is 9.55 Å². The predicted octanol–water partition coefficient (Wildman–Crippen LogP) is -2.85. The van der Waals surface area contributed by atoms with Crippen LogP contribution in [0, 0.1) is 0 Å². The summed E-state index contributed by atoms with van der Waals surface area (Å²) in [4.78, 5) is 24.3. The summed E-state index contributed by atoms with van der Waals surface area (Å²) < 4.78 is 6.08. The molecule has 1 fully saturated rings. The molecule has 0 aromatic carbocycles. The van der Waals surface area contributed by atoms with Crippen LogP contribution in [0.4, 0.5) is 0 Å². The van der Waals surface area contributed by atoms with E-state index in [2.05, 4.69) is 0 Å². The van der Waals surface area contributed by atoms with E-state index in [0.29, 0.717) is 0 Å². The Bertz CT molecular complexity index is 509. The first-order valence-corrected chi connectivity index (χ1v) is 4.98. The molecule has 1 aromatic rings. The molecule has 1 aliphatic heterocycles. The normalized spacial score (nSPS) is 32.9. The van der Waals surface area contributed by atoms with Gasteiger partial charge in [-0.15, -0.1) is 0 Å². The second kappa shape index (κ2) is 4.41. The predicted molar refractivity (Wildman–Crippen MR) is 54.3 cm³/mol. The van der Waals surface area contributed by atoms with Gasteiger partial charge in [-0.3, -0.25) is 14.3 Å². The molecule has 1 aliphatic rings. The van der Waals surface area contributed by atoms with Crippen molar-refractivity contribution in [3.8, 4) is 0 Å². The van der Waals surface area contributed by atoms with Gasteiger partial charge in [-0.2, -0.15) is 0 Å². The molecule has 4 atom stereocenters. The third-order valence-electron chi connectivity index (χ3n) is 2.64. The van der Waals surface area contributed by atoms with E-state index in [1.54, 1.807) is 0 Å². The number of ether oxygens (including phenoxy) is 1. The zero-order valence-electron chi connectivity index (χ0n) is 8.68. The summed E-state index contributed by atoms with van der Waals surface area (Å²) in [5.74, 6) is 0. The summed E-state index contributed by atoms with van der Waals surface area (Å²) in [6, 6.07) is 1.09. The molecule has 8 heteroatoms. The molecule has 8 nitrogen and oxygen atoms in total. The first-order valence-electron chi connectivity index (χ1n) is 4.98.